The molecule has 0 aliphatic carbocycles. The Labute approximate surface area is 91.4 Å². The molecule has 0 amide bonds. The minimum Gasteiger partial charge on any atom is -1.00 e. The standard InChI is InChI=1S/C2H4O5S.Ca.H3N.2H/c1-2(3)7-8(4,5)6;;;;/h1H3,(H,4,5,6);;1H3;;/q;+2;;2*-1. The molecule has 60 valence electrons. The van der Waals surface area contributed by atoms with Crippen LogP contribution in [0.3, 0.4) is 0 Å². The Morgan fingerprint density at radius 2 is 1.90 bits per heavy atom. The van der Waals surface area contributed by atoms with Crippen molar-refractivity contribution in [1.29, 1.82) is 0 Å². The summed E-state index contributed by atoms with van der Waals surface area (Å²) in [5.74, 6) is -1.06. The molecule has 0 aliphatic rings. The Hall–Kier alpha value is 0.600. The quantitative estimate of drug-likeness (QED) is 0.428. The third-order valence-corrected chi connectivity index (χ3v) is 0.668. The summed E-state index contributed by atoms with van der Waals surface area (Å²) >= 11 is 0. The Morgan fingerprint density at radius 1 is 1.60 bits per heavy atom. The van der Waals surface area contributed by atoms with Crippen molar-refractivity contribution in [3.8, 4) is 0 Å². The molecular formula is C2H9CaNO5S. The van der Waals surface area contributed by atoms with Gasteiger partial charge in [-0.25, -0.2) is 0 Å². The van der Waals surface area contributed by atoms with Crippen molar-refractivity contribution < 1.29 is 24.8 Å². The monoisotopic (exact) mass is 199 g/mol. The molecule has 0 aromatic carbocycles. The summed E-state index contributed by atoms with van der Waals surface area (Å²) in [6.07, 6.45) is 0. The maximum absolute atomic E-state index is 9.70. The van der Waals surface area contributed by atoms with E-state index in [0.29, 0.717) is 0 Å². The SMILES string of the molecule is CC(=O)OS(=O)(=O)O.N.[Ca+2].[H-].[H-]. The zero-order valence-corrected chi connectivity index (χ0v) is 8.43. The van der Waals surface area contributed by atoms with Gasteiger partial charge >= 0.3 is 54.1 Å². The van der Waals surface area contributed by atoms with Gasteiger partial charge in [0.1, 0.15) is 0 Å². The number of rotatable bonds is 1. The van der Waals surface area contributed by atoms with Crippen molar-refractivity contribution >= 4 is 54.1 Å². The van der Waals surface area contributed by atoms with Crippen LogP contribution >= 0.6 is 0 Å². The van der Waals surface area contributed by atoms with E-state index in [9.17, 15) is 13.2 Å². The van der Waals surface area contributed by atoms with Crippen LogP contribution in [0, 0.1) is 0 Å². The fourth-order valence-electron chi connectivity index (χ4n) is 0.148. The van der Waals surface area contributed by atoms with Gasteiger partial charge in [0, 0.05) is 6.92 Å². The van der Waals surface area contributed by atoms with Crippen LogP contribution in [0.5, 0.6) is 0 Å². The molecule has 4 N–H and O–H groups in total. The third-order valence-electron chi connectivity index (χ3n) is 0.223. The first-order valence-electron chi connectivity index (χ1n) is 1.59. The molecule has 0 heterocycles. The zero-order chi connectivity index (χ0) is 6.78. The average Bonchev–Trinajstić information content (AvgIpc) is 1.21. The number of hydrogen-bond acceptors (Lipinski definition) is 5. The van der Waals surface area contributed by atoms with E-state index in [4.69, 9.17) is 4.55 Å². The number of carbonyl (C=O) groups excluding carboxylic acids is 1. The smallest absolute Gasteiger partial charge is 1.00 e. The second-order valence-corrected chi connectivity index (χ2v) is 2.02. The molecule has 0 bridgehead atoms. The largest absolute Gasteiger partial charge is 2.00 e. The van der Waals surface area contributed by atoms with Crippen LogP contribution in [0.4, 0.5) is 0 Å². The molecule has 0 aromatic rings. The van der Waals surface area contributed by atoms with E-state index in [-0.39, 0.29) is 46.7 Å². The topological polar surface area (TPSA) is 116 Å². The maximum Gasteiger partial charge on any atom is 2.00 e. The molecular weight excluding hydrogens is 190 g/mol. The molecule has 0 saturated heterocycles. The summed E-state index contributed by atoms with van der Waals surface area (Å²) < 4.78 is 30.2. The number of carbonyl (C=O) groups is 1. The van der Waals surface area contributed by atoms with Gasteiger partial charge < -0.3 is 13.2 Å². The third kappa shape index (κ3) is 15.8. The minimum atomic E-state index is -4.57. The first-order chi connectivity index (χ1) is 3.42. The van der Waals surface area contributed by atoms with Crippen molar-refractivity contribution in [3.05, 3.63) is 0 Å². The van der Waals surface area contributed by atoms with E-state index in [0.717, 1.165) is 6.92 Å². The van der Waals surface area contributed by atoms with Gasteiger partial charge in [-0.3, -0.25) is 9.35 Å². The van der Waals surface area contributed by atoms with Gasteiger partial charge in [-0.05, 0) is 0 Å². The Balaban J connectivity index is -0.0000000408. The van der Waals surface area contributed by atoms with Crippen LogP contribution < -0.4 is 6.15 Å². The van der Waals surface area contributed by atoms with Gasteiger partial charge in [0.15, 0.2) is 0 Å². The zero-order valence-electron chi connectivity index (χ0n) is 7.40. The summed E-state index contributed by atoms with van der Waals surface area (Å²) in [5.41, 5.74) is 0. The molecule has 0 aromatic heterocycles. The van der Waals surface area contributed by atoms with E-state index < -0.39 is 16.4 Å². The molecule has 0 unspecified atom stereocenters. The summed E-state index contributed by atoms with van der Waals surface area (Å²) in [5, 5.41) is 0. The first kappa shape index (κ1) is 16.9. The Bertz CT molecular complexity index is 194. The first-order valence-corrected chi connectivity index (χ1v) is 2.96. The molecule has 8 heteroatoms. The molecule has 0 rings (SSSR count). The van der Waals surface area contributed by atoms with Crippen LogP contribution in [0.2, 0.25) is 0 Å². The van der Waals surface area contributed by atoms with Crippen LogP contribution in [0.1, 0.15) is 9.78 Å². The predicted molar refractivity (Wildman–Crippen MR) is 36.3 cm³/mol. The molecule has 0 spiro atoms. The van der Waals surface area contributed by atoms with Gasteiger partial charge in [0.2, 0.25) is 0 Å². The fourth-order valence-corrected chi connectivity index (χ4v) is 0.445. The number of hydrogen-bond donors (Lipinski definition) is 2. The maximum atomic E-state index is 9.70. The van der Waals surface area contributed by atoms with Crippen LogP contribution in [-0.2, 0) is 19.4 Å². The van der Waals surface area contributed by atoms with Gasteiger partial charge in [-0.15, -0.1) is 0 Å². The summed E-state index contributed by atoms with van der Waals surface area (Å²) in [6, 6.07) is 0. The molecule has 0 radical (unpaired) electrons. The Kier molecular flexibility index (Phi) is 10.7. The Morgan fingerprint density at radius 3 is 1.90 bits per heavy atom. The van der Waals surface area contributed by atoms with Gasteiger partial charge in [0.05, 0.1) is 0 Å². The van der Waals surface area contributed by atoms with Gasteiger partial charge in [-0.2, -0.15) is 8.42 Å². The van der Waals surface area contributed by atoms with E-state index >= 15 is 0 Å². The van der Waals surface area contributed by atoms with E-state index in [1.165, 1.54) is 0 Å². The molecule has 0 fully saturated rings. The minimum absolute atomic E-state index is 0. The van der Waals surface area contributed by atoms with Crippen molar-refractivity contribution in [1.82, 2.24) is 6.15 Å². The van der Waals surface area contributed by atoms with E-state index in [1.54, 1.807) is 0 Å². The van der Waals surface area contributed by atoms with Crippen molar-refractivity contribution in [2.45, 2.75) is 6.92 Å². The van der Waals surface area contributed by atoms with Crippen molar-refractivity contribution in [3.63, 3.8) is 0 Å². The van der Waals surface area contributed by atoms with Crippen LogP contribution in [-0.4, -0.2) is 56.7 Å². The molecule has 0 saturated carbocycles. The second kappa shape index (κ2) is 6.32. The normalized spacial score (nSPS) is 8.60. The predicted octanol–water partition coefficient (Wildman–Crippen LogP) is -0.642. The van der Waals surface area contributed by atoms with Crippen molar-refractivity contribution in [2.75, 3.05) is 0 Å². The summed E-state index contributed by atoms with van der Waals surface area (Å²) in [6.45, 7) is 0.869. The molecule has 10 heavy (non-hydrogen) atoms. The van der Waals surface area contributed by atoms with Gasteiger partial charge in [0.25, 0.3) is 0 Å². The summed E-state index contributed by atoms with van der Waals surface area (Å²) in [4.78, 5) is 9.70. The van der Waals surface area contributed by atoms with E-state index in [2.05, 4.69) is 4.18 Å². The average molecular weight is 199 g/mol. The van der Waals surface area contributed by atoms with Gasteiger partial charge in [-0.1, -0.05) is 0 Å². The van der Waals surface area contributed by atoms with Crippen LogP contribution in [0.25, 0.3) is 0 Å². The fraction of sp³-hybridized carbons (Fsp3) is 0.500. The summed E-state index contributed by atoms with van der Waals surface area (Å²) in [7, 11) is -4.57. The van der Waals surface area contributed by atoms with Crippen molar-refractivity contribution in [2.24, 2.45) is 0 Å². The second-order valence-electron chi connectivity index (χ2n) is 1.00. The molecule has 6 nitrogen and oxygen atoms in total. The molecule has 0 aliphatic heterocycles. The molecule has 0 atom stereocenters. The van der Waals surface area contributed by atoms with E-state index in [1.807, 2.05) is 0 Å². The van der Waals surface area contributed by atoms with Crippen LogP contribution in [0.15, 0.2) is 0 Å².